The summed E-state index contributed by atoms with van der Waals surface area (Å²) in [5, 5.41) is 2.77. The lowest BCUT2D eigenvalue weighted by Gasteiger charge is -2.07. The van der Waals surface area contributed by atoms with Crippen molar-refractivity contribution >= 4 is 17.2 Å². The van der Waals surface area contributed by atoms with Crippen LogP contribution in [-0.2, 0) is 0 Å². The lowest BCUT2D eigenvalue weighted by molar-refractivity contribution is 0.297. The molecule has 6 heteroatoms. The van der Waals surface area contributed by atoms with Crippen LogP contribution in [-0.4, -0.2) is 18.2 Å². The van der Waals surface area contributed by atoms with Crippen LogP contribution in [0.4, 0.5) is 5.82 Å². The monoisotopic (exact) mass is 263 g/mol. The molecule has 0 fully saturated rings. The van der Waals surface area contributed by atoms with Crippen molar-refractivity contribution in [2.24, 2.45) is 5.84 Å². The summed E-state index contributed by atoms with van der Waals surface area (Å²) in [6.45, 7) is 1.38. The highest BCUT2D eigenvalue weighted by atomic mass is 32.1. The van der Waals surface area contributed by atoms with Gasteiger partial charge in [0.2, 0.25) is 0 Å². The average molecular weight is 263 g/mol. The highest BCUT2D eigenvalue weighted by Crippen LogP contribution is 2.35. The Bertz CT molecular complexity index is 556. The van der Waals surface area contributed by atoms with Gasteiger partial charge in [-0.3, -0.25) is 0 Å². The van der Waals surface area contributed by atoms with E-state index in [1.165, 1.54) is 11.3 Å². The van der Waals surface area contributed by atoms with Crippen LogP contribution in [0, 0.1) is 0 Å². The molecule has 2 aromatic rings. The quantitative estimate of drug-likeness (QED) is 0.642. The van der Waals surface area contributed by atoms with Gasteiger partial charge in [-0.25, -0.2) is 10.8 Å². The zero-order valence-electron chi connectivity index (χ0n) is 9.68. The van der Waals surface area contributed by atoms with E-state index in [4.69, 9.17) is 15.3 Å². The molecule has 0 saturated heterocycles. The van der Waals surface area contributed by atoms with E-state index in [1.54, 1.807) is 0 Å². The molecule has 1 aromatic carbocycles. The molecule has 3 N–H and O–H groups in total. The fraction of sp³-hybridized carbons (Fsp3) is 0.250. The number of rotatable bonds is 2. The third-order valence-electron chi connectivity index (χ3n) is 2.65. The minimum atomic E-state index is 0.669. The lowest BCUT2D eigenvalue weighted by Crippen LogP contribution is -2.06. The van der Waals surface area contributed by atoms with Crippen LogP contribution in [0.1, 0.15) is 6.42 Å². The van der Waals surface area contributed by atoms with Crippen LogP contribution in [0.2, 0.25) is 0 Å². The van der Waals surface area contributed by atoms with Crippen molar-refractivity contribution in [3.63, 3.8) is 0 Å². The molecule has 1 aliphatic heterocycles. The maximum Gasteiger partial charge on any atom is 0.161 e. The zero-order chi connectivity index (χ0) is 12.4. The molecule has 5 nitrogen and oxygen atoms in total. The number of hydrazine groups is 1. The topological polar surface area (TPSA) is 69.4 Å². The van der Waals surface area contributed by atoms with Crippen LogP contribution >= 0.6 is 11.3 Å². The molecule has 0 radical (unpaired) electrons. The Kier molecular flexibility index (Phi) is 3.04. The number of nitrogen functional groups attached to an aromatic ring is 1. The Morgan fingerprint density at radius 2 is 2.06 bits per heavy atom. The number of hydrogen-bond acceptors (Lipinski definition) is 6. The second-order valence-electron chi connectivity index (χ2n) is 3.89. The predicted molar refractivity (Wildman–Crippen MR) is 71.0 cm³/mol. The van der Waals surface area contributed by atoms with E-state index in [1.807, 2.05) is 23.6 Å². The summed E-state index contributed by atoms with van der Waals surface area (Å²) in [5.74, 6) is 7.57. The smallest absolute Gasteiger partial charge is 0.161 e. The first-order valence-electron chi connectivity index (χ1n) is 5.69. The molecular weight excluding hydrogens is 250 g/mol. The Hall–Kier alpha value is -1.79. The Labute approximate surface area is 109 Å². The number of hydrogen-bond donors (Lipinski definition) is 2. The van der Waals surface area contributed by atoms with Crippen LogP contribution < -0.4 is 20.7 Å². The van der Waals surface area contributed by atoms with Gasteiger partial charge in [-0.15, -0.1) is 11.3 Å². The number of benzene rings is 1. The molecule has 2 heterocycles. The third-order valence-corrected chi connectivity index (χ3v) is 3.54. The number of nitrogens with zero attached hydrogens (tertiary/aromatic N) is 1. The van der Waals surface area contributed by atoms with Crippen molar-refractivity contribution in [1.29, 1.82) is 0 Å². The summed E-state index contributed by atoms with van der Waals surface area (Å²) >= 11 is 1.53. The highest BCUT2D eigenvalue weighted by Gasteiger charge is 2.12. The van der Waals surface area contributed by atoms with E-state index in [-0.39, 0.29) is 0 Å². The summed E-state index contributed by atoms with van der Waals surface area (Å²) in [5.41, 5.74) is 3.54. The molecule has 18 heavy (non-hydrogen) atoms. The summed E-state index contributed by atoms with van der Waals surface area (Å²) in [4.78, 5) is 4.36. The van der Waals surface area contributed by atoms with Crippen LogP contribution in [0.5, 0.6) is 11.5 Å². The van der Waals surface area contributed by atoms with E-state index < -0.39 is 0 Å². The molecule has 0 saturated carbocycles. The normalized spacial score (nSPS) is 14.1. The van der Waals surface area contributed by atoms with E-state index in [2.05, 4.69) is 10.4 Å². The molecule has 0 atom stereocenters. The molecule has 0 amide bonds. The Morgan fingerprint density at radius 1 is 1.22 bits per heavy atom. The molecule has 3 rings (SSSR count). The van der Waals surface area contributed by atoms with Crippen molar-refractivity contribution in [2.75, 3.05) is 18.6 Å². The molecule has 1 aliphatic rings. The minimum Gasteiger partial charge on any atom is -0.490 e. The molecule has 1 aromatic heterocycles. The van der Waals surface area contributed by atoms with Gasteiger partial charge in [-0.2, -0.15) is 0 Å². The SMILES string of the molecule is NNc1csc(-c2ccc3c(c2)OCCCO3)n1. The highest BCUT2D eigenvalue weighted by molar-refractivity contribution is 7.13. The minimum absolute atomic E-state index is 0.669. The average Bonchev–Trinajstić information content (AvgIpc) is 2.76. The fourth-order valence-electron chi connectivity index (χ4n) is 1.77. The second-order valence-corrected chi connectivity index (χ2v) is 4.75. The van der Waals surface area contributed by atoms with Crippen LogP contribution in [0.3, 0.4) is 0 Å². The number of fused-ring (bicyclic) bond motifs is 1. The van der Waals surface area contributed by atoms with Gasteiger partial charge in [0.05, 0.1) is 13.2 Å². The summed E-state index contributed by atoms with van der Waals surface area (Å²) in [6, 6.07) is 5.86. The number of aromatic nitrogens is 1. The summed E-state index contributed by atoms with van der Waals surface area (Å²) < 4.78 is 11.2. The van der Waals surface area contributed by atoms with Gasteiger partial charge in [0.1, 0.15) is 5.01 Å². The number of nitrogens with two attached hydrogens (primary N) is 1. The van der Waals surface area contributed by atoms with E-state index in [9.17, 15) is 0 Å². The zero-order valence-corrected chi connectivity index (χ0v) is 10.5. The van der Waals surface area contributed by atoms with Gasteiger partial charge in [-0.1, -0.05) is 0 Å². The van der Waals surface area contributed by atoms with Gasteiger partial charge in [-0.05, 0) is 18.2 Å². The van der Waals surface area contributed by atoms with Gasteiger partial charge < -0.3 is 14.9 Å². The number of thiazole rings is 1. The maximum atomic E-state index is 5.66. The first-order valence-corrected chi connectivity index (χ1v) is 6.57. The Morgan fingerprint density at radius 3 is 2.83 bits per heavy atom. The summed E-state index contributed by atoms with van der Waals surface area (Å²) in [7, 11) is 0. The molecule has 0 aliphatic carbocycles. The number of ether oxygens (including phenoxy) is 2. The predicted octanol–water partition coefficient (Wildman–Crippen LogP) is 2.26. The molecule has 0 bridgehead atoms. The second kappa shape index (κ2) is 4.83. The fourth-order valence-corrected chi connectivity index (χ4v) is 2.53. The van der Waals surface area contributed by atoms with Gasteiger partial charge >= 0.3 is 0 Å². The first kappa shape index (κ1) is 11.3. The van der Waals surface area contributed by atoms with Crippen molar-refractivity contribution in [1.82, 2.24) is 4.98 Å². The van der Waals surface area contributed by atoms with E-state index in [0.717, 1.165) is 28.5 Å². The van der Waals surface area contributed by atoms with Crippen LogP contribution in [0.25, 0.3) is 10.6 Å². The molecule has 0 unspecified atom stereocenters. The van der Waals surface area contributed by atoms with Crippen LogP contribution in [0.15, 0.2) is 23.6 Å². The lowest BCUT2D eigenvalue weighted by atomic mass is 10.2. The van der Waals surface area contributed by atoms with Crippen molar-refractivity contribution < 1.29 is 9.47 Å². The third kappa shape index (κ3) is 2.12. The van der Waals surface area contributed by atoms with Crippen molar-refractivity contribution in [3.8, 4) is 22.1 Å². The first-order chi connectivity index (χ1) is 8.86. The van der Waals surface area contributed by atoms with Gasteiger partial charge in [0.15, 0.2) is 17.3 Å². The van der Waals surface area contributed by atoms with Gasteiger partial charge in [0.25, 0.3) is 0 Å². The number of anilines is 1. The summed E-state index contributed by atoms with van der Waals surface area (Å²) in [6.07, 6.45) is 0.905. The van der Waals surface area contributed by atoms with Crippen molar-refractivity contribution in [3.05, 3.63) is 23.6 Å². The maximum absolute atomic E-state index is 5.66. The Balaban J connectivity index is 1.95. The largest absolute Gasteiger partial charge is 0.490 e. The standard InChI is InChI=1S/C12H13N3O2S/c13-15-11-7-18-12(14-11)8-2-3-9-10(6-8)17-5-1-4-16-9/h2-3,6-7,15H,1,4-5,13H2. The molecule has 0 spiro atoms. The van der Waals surface area contributed by atoms with Gasteiger partial charge in [0, 0.05) is 17.4 Å². The molecular formula is C12H13N3O2S. The van der Waals surface area contributed by atoms with Crippen molar-refractivity contribution in [2.45, 2.75) is 6.42 Å². The number of nitrogens with one attached hydrogen (secondary N) is 1. The molecule has 94 valence electrons. The van der Waals surface area contributed by atoms with E-state index in [0.29, 0.717) is 19.0 Å². The van der Waals surface area contributed by atoms with E-state index >= 15 is 0 Å².